The highest BCUT2D eigenvalue weighted by Crippen LogP contribution is 2.64. The first-order valence-electron chi connectivity index (χ1n) is 6.53. The molecule has 1 aliphatic heterocycles. The Hall–Kier alpha value is -0.860. The molecule has 0 spiro atoms. The number of nitrogens with zero attached hydrogens (tertiary/aromatic N) is 1. The molecular weight excluding hydrogens is 210 g/mol. The summed E-state index contributed by atoms with van der Waals surface area (Å²) >= 11 is 0. The molecule has 2 heteroatoms. The van der Waals surface area contributed by atoms with E-state index in [2.05, 4.69) is 49.1 Å². The zero-order valence-corrected chi connectivity index (χ0v) is 10.6. The Morgan fingerprint density at radius 1 is 1.29 bits per heavy atom. The van der Waals surface area contributed by atoms with Crippen molar-refractivity contribution in [3.8, 4) is 0 Å². The van der Waals surface area contributed by atoms with Gasteiger partial charge in [0.25, 0.3) is 0 Å². The maximum atomic E-state index is 9.60. The van der Waals surface area contributed by atoms with E-state index in [1.807, 2.05) is 0 Å². The van der Waals surface area contributed by atoms with Crippen molar-refractivity contribution in [2.24, 2.45) is 17.3 Å². The second-order valence-corrected chi connectivity index (χ2v) is 6.12. The van der Waals surface area contributed by atoms with Gasteiger partial charge in [0.1, 0.15) is 0 Å². The zero-order valence-electron chi connectivity index (χ0n) is 10.6. The largest absolute Gasteiger partial charge is 0.395 e. The Kier molecular flexibility index (Phi) is 2.53. The Labute approximate surface area is 103 Å². The van der Waals surface area contributed by atoms with Crippen LogP contribution in [0.15, 0.2) is 30.3 Å². The molecule has 92 valence electrons. The molecule has 1 N–H and O–H groups in total. The molecule has 0 radical (unpaired) electrons. The number of benzene rings is 1. The van der Waals surface area contributed by atoms with E-state index < -0.39 is 0 Å². The third kappa shape index (κ3) is 1.71. The molecule has 1 aromatic carbocycles. The molecule has 1 saturated carbocycles. The van der Waals surface area contributed by atoms with Gasteiger partial charge in [-0.15, -0.1) is 0 Å². The number of hydrogen-bond donors (Lipinski definition) is 1. The van der Waals surface area contributed by atoms with Crippen molar-refractivity contribution in [3.05, 3.63) is 35.9 Å². The summed E-state index contributed by atoms with van der Waals surface area (Å²) in [5.41, 5.74) is 1.81. The van der Waals surface area contributed by atoms with Crippen LogP contribution in [-0.2, 0) is 6.54 Å². The summed E-state index contributed by atoms with van der Waals surface area (Å²) < 4.78 is 0. The molecule has 0 bridgehead atoms. The first-order valence-corrected chi connectivity index (χ1v) is 6.53. The molecule has 2 nitrogen and oxygen atoms in total. The van der Waals surface area contributed by atoms with Gasteiger partial charge in [0, 0.05) is 19.1 Å². The molecule has 2 fully saturated rings. The predicted molar refractivity (Wildman–Crippen MR) is 68.5 cm³/mol. The summed E-state index contributed by atoms with van der Waals surface area (Å²) in [7, 11) is 0. The van der Waals surface area contributed by atoms with Gasteiger partial charge in [-0.3, -0.25) is 4.90 Å². The topological polar surface area (TPSA) is 23.5 Å². The Morgan fingerprint density at radius 2 is 2.00 bits per heavy atom. The summed E-state index contributed by atoms with van der Waals surface area (Å²) in [6, 6.07) is 10.9. The van der Waals surface area contributed by atoms with Gasteiger partial charge in [0.15, 0.2) is 0 Å². The van der Waals surface area contributed by atoms with Crippen molar-refractivity contribution in [1.82, 2.24) is 4.90 Å². The van der Waals surface area contributed by atoms with E-state index in [1.54, 1.807) is 0 Å². The molecule has 17 heavy (non-hydrogen) atoms. The average Bonchev–Trinajstić information content (AvgIpc) is 2.72. The lowest BCUT2D eigenvalue weighted by Crippen LogP contribution is -2.38. The fourth-order valence-electron chi connectivity index (χ4n) is 3.74. The highest BCUT2D eigenvalue weighted by atomic mass is 16.3. The normalized spacial score (nSPS) is 34.6. The monoisotopic (exact) mass is 231 g/mol. The summed E-state index contributed by atoms with van der Waals surface area (Å²) in [6.07, 6.45) is 0. The maximum absolute atomic E-state index is 9.60. The first kappa shape index (κ1) is 11.2. The van der Waals surface area contributed by atoms with E-state index in [1.165, 1.54) is 5.56 Å². The van der Waals surface area contributed by atoms with Crippen molar-refractivity contribution in [2.75, 3.05) is 13.2 Å². The van der Waals surface area contributed by atoms with E-state index >= 15 is 0 Å². The minimum atomic E-state index is 0.303. The van der Waals surface area contributed by atoms with Crippen molar-refractivity contribution in [1.29, 1.82) is 0 Å². The van der Waals surface area contributed by atoms with Gasteiger partial charge < -0.3 is 5.11 Å². The molecule has 3 atom stereocenters. The van der Waals surface area contributed by atoms with Crippen molar-refractivity contribution in [2.45, 2.75) is 26.4 Å². The number of fused-ring (bicyclic) bond motifs is 1. The molecule has 2 aliphatic rings. The second kappa shape index (κ2) is 3.82. The molecule has 0 aromatic heterocycles. The lowest BCUT2D eigenvalue weighted by atomic mass is 10.0. The van der Waals surface area contributed by atoms with Crippen LogP contribution in [0.4, 0.5) is 0 Å². The molecule has 1 aliphatic carbocycles. The fourth-order valence-corrected chi connectivity index (χ4v) is 3.74. The number of rotatable bonds is 3. The third-order valence-corrected chi connectivity index (χ3v) is 4.87. The maximum Gasteiger partial charge on any atom is 0.0590 e. The van der Waals surface area contributed by atoms with Gasteiger partial charge in [0.2, 0.25) is 0 Å². The molecule has 3 rings (SSSR count). The van der Waals surface area contributed by atoms with E-state index in [0.29, 0.717) is 24.0 Å². The van der Waals surface area contributed by atoms with Gasteiger partial charge in [-0.25, -0.2) is 0 Å². The lowest BCUT2D eigenvalue weighted by Gasteiger charge is -2.29. The highest BCUT2D eigenvalue weighted by molar-refractivity contribution is 5.19. The van der Waals surface area contributed by atoms with E-state index in [9.17, 15) is 5.11 Å². The van der Waals surface area contributed by atoms with Crippen LogP contribution in [-0.4, -0.2) is 29.2 Å². The van der Waals surface area contributed by atoms with Crippen LogP contribution in [0.3, 0.4) is 0 Å². The minimum absolute atomic E-state index is 0.303. The number of aliphatic hydroxyl groups is 1. The van der Waals surface area contributed by atoms with Gasteiger partial charge >= 0.3 is 0 Å². The van der Waals surface area contributed by atoms with Crippen molar-refractivity contribution < 1.29 is 5.11 Å². The SMILES string of the molecule is CC1(C)C2CN(Cc3ccccc3)C(CO)[C@H]21. The second-order valence-electron chi connectivity index (χ2n) is 6.12. The standard InChI is InChI=1S/C15H21NO/c1-15(2)12-9-16(13(10-17)14(12)15)8-11-6-4-3-5-7-11/h3-7,12-14,17H,8-10H2,1-2H3/t12?,13?,14-/m0/s1. The van der Waals surface area contributed by atoms with Crippen LogP contribution in [0.5, 0.6) is 0 Å². The number of aliphatic hydroxyl groups excluding tert-OH is 1. The molecule has 1 saturated heterocycles. The molecular formula is C15H21NO. The van der Waals surface area contributed by atoms with Crippen LogP contribution >= 0.6 is 0 Å². The molecule has 0 amide bonds. The van der Waals surface area contributed by atoms with Crippen molar-refractivity contribution >= 4 is 0 Å². The fraction of sp³-hybridized carbons (Fsp3) is 0.600. The predicted octanol–water partition coefficient (Wildman–Crippen LogP) is 2.14. The molecule has 2 unspecified atom stereocenters. The number of likely N-dealkylation sites (tertiary alicyclic amines) is 1. The number of piperidine rings is 1. The third-order valence-electron chi connectivity index (χ3n) is 4.87. The molecule has 1 heterocycles. The first-order chi connectivity index (χ1) is 8.14. The Bertz CT molecular complexity index is 401. The summed E-state index contributed by atoms with van der Waals surface area (Å²) in [5, 5.41) is 9.60. The summed E-state index contributed by atoms with van der Waals surface area (Å²) in [4.78, 5) is 2.45. The quantitative estimate of drug-likeness (QED) is 0.861. The Morgan fingerprint density at radius 3 is 2.65 bits per heavy atom. The van der Waals surface area contributed by atoms with Crippen molar-refractivity contribution in [3.63, 3.8) is 0 Å². The zero-order chi connectivity index (χ0) is 12.0. The summed E-state index contributed by atoms with van der Waals surface area (Å²) in [5.74, 6) is 1.50. The number of hydrogen-bond acceptors (Lipinski definition) is 2. The van der Waals surface area contributed by atoms with Crippen LogP contribution in [0.2, 0.25) is 0 Å². The Balaban J connectivity index is 1.71. The van der Waals surface area contributed by atoms with Gasteiger partial charge in [-0.05, 0) is 22.8 Å². The summed E-state index contributed by atoms with van der Waals surface area (Å²) in [6.45, 7) is 7.11. The van der Waals surface area contributed by atoms with Crippen LogP contribution in [0, 0.1) is 17.3 Å². The van der Waals surface area contributed by atoms with Crippen LogP contribution in [0.1, 0.15) is 19.4 Å². The average molecular weight is 231 g/mol. The minimum Gasteiger partial charge on any atom is -0.395 e. The smallest absolute Gasteiger partial charge is 0.0590 e. The van der Waals surface area contributed by atoms with E-state index in [-0.39, 0.29) is 0 Å². The van der Waals surface area contributed by atoms with Gasteiger partial charge in [0.05, 0.1) is 6.61 Å². The molecule has 1 aromatic rings. The van der Waals surface area contributed by atoms with Crippen LogP contribution in [0.25, 0.3) is 0 Å². The lowest BCUT2D eigenvalue weighted by molar-refractivity contribution is 0.110. The van der Waals surface area contributed by atoms with Crippen LogP contribution < -0.4 is 0 Å². The van der Waals surface area contributed by atoms with Gasteiger partial charge in [-0.2, -0.15) is 0 Å². The van der Waals surface area contributed by atoms with E-state index in [4.69, 9.17) is 0 Å². The van der Waals surface area contributed by atoms with E-state index in [0.717, 1.165) is 19.0 Å². The van der Waals surface area contributed by atoms with Gasteiger partial charge in [-0.1, -0.05) is 44.2 Å². The highest BCUT2D eigenvalue weighted by Gasteiger charge is 2.66.